The average molecular weight is 388 g/mol. The molecule has 1 aliphatic rings. The number of amides is 1. The highest BCUT2D eigenvalue weighted by molar-refractivity contribution is 6.30. The van der Waals surface area contributed by atoms with Crippen molar-refractivity contribution < 1.29 is 9.32 Å². The van der Waals surface area contributed by atoms with E-state index in [9.17, 15) is 10.1 Å². The first-order valence-corrected chi connectivity index (χ1v) is 9.19. The molecule has 27 heavy (non-hydrogen) atoms. The lowest BCUT2D eigenvalue weighted by atomic mass is 9.79. The normalized spacial score (nSPS) is 16.0. The number of hydrogen-bond acceptors (Lipinski definition) is 6. The highest BCUT2D eigenvalue weighted by Gasteiger charge is 2.39. The maximum absolute atomic E-state index is 13.0. The van der Waals surface area contributed by atoms with Crippen LogP contribution >= 0.6 is 11.6 Å². The molecule has 0 bridgehead atoms. The Hall–Kier alpha value is -2.59. The van der Waals surface area contributed by atoms with Gasteiger partial charge in [0.1, 0.15) is 6.07 Å². The summed E-state index contributed by atoms with van der Waals surface area (Å²) in [5.41, 5.74) is 0.965. The lowest BCUT2D eigenvalue weighted by Crippen LogP contribution is -2.47. The number of hydrogen-bond donors (Lipinski definition) is 0. The summed E-state index contributed by atoms with van der Waals surface area (Å²) in [5, 5.41) is 13.7. The molecule has 1 aliphatic heterocycles. The lowest BCUT2D eigenvalue weighted by molar-refractivity contribution is -0.142. The molecule has 8 heteroatoms. The summed E-state index contributed by atoms with van der Waals surface area (Å²) in [7, 11) is 1.76. The zero-order valence-electron chi connectivity index (χ0n) is 15.7. The Bertz CT molecular complexity index is 880. The van der Waals surface area contributed by atoms with Crippen molar-refractivity contribution in [2.75, 3.05) is 25.0 Å². The Morgan fingerprint density at radius 3 is 2.74 bits per heavy atom. The molecule has 7 nitrogen and oxygen atoms in total. The minimum Gasteiger partial charge on any atom is -0.370 e. The SMILES string of the molecule is Cc1noc(CN(C)C(=O)C2(C)CCN(c3ccc(Cl)cc3C#N)CC2)n1. The summed E-state index contributed by atoms with van der Waals surface area (Å²) in [6.07, 6.45) is 1.40. The molecular weight excluding hydrogens is 366 g/mol. The van der Waals surface area contributed by atoms with Gasteiger partial charge in [-0.05, 0) is 38.0 Å². The van der Waals surface area contributed by atoms with Crippen LogP contribution in [0.2, 0.25) is 5.02 Å². The van der Waals surface area contributed by atoms with E-state index in [4.69, 9.17) is 16.1 Å². The Labute approximate surface area is 163 Å². The van der Waals surface area contributed by atoms with E-state index in [0.717, 1.165) is 5.69 Å². The largest absolute Gasteiger partial charge is 0.370 e. The van der Waals surface area contributed by atoms with Gasteiger partial charge in [0, 0.05) is 30.6 Å². The fourth-order valence-electron chi connectivity index (χ4n) is 3.47. The molecule has 0 aliphatic carbocycles. The molecule has 1 amide bonds. The summed E-state index contributed by atoms with van der Waals surface area (Å²) in [6.45, 7) is 5.44. The molecule has 1 aromatic heterocycles. The number of anilines is 1. The Morgan fingerprint density at radius 2 is 2.15 bits per heavy atom. The fourth-order valence-corrected chi connectivity index (χ4v) is 3.64. The van der Waals surface area contributed by atoms with Gasteiger partial charge >= 0.3 is 0 Å². The molecule has 1 fully saturated rings. The number of aryl methyl sites for hydroxylation is 1. The Morgan fingerprint density at radius 1 is 1.44 bits per heavy atom. The summed E-state index contributed by atoms with van der Waals surface area (Å²) in [6, 6.07) is 7.54. The fraction of sp³-hybridized carbons (Fsp3) is 0.474. The number of benzene rings is 1. The number of nitriles is 1. The average Bonchev–Trinajstić information content (AvgIpc) is 3.06. The van der Waals surface area contributed by atoms with Gasteiger partial charge < -0.3 is 14.3 Å². The molecule has 1 aromatic carbocycles. The van der Waals surface area contributed by atoms with Crippen molar-refractivity contribution in [3.8, 4) is 6.07 Å². The quantitative estimate of drug-likeness (QED) is 0.800. The molecule has 1 saturated heterocycles. The van der Waals surface area contributed by atoms with Crippen LogP contribution < -0.4 is 4.90 Å². The van der Waals surface area contributed by atoms with Gasteiger partial charge in [-0.2, -0.15) is 10.2 Å². The smallest absolute Gasteiger partial charge is 0.246 e. The van der Waals surface area contributed by atoms with E-state index in [-0.39, 0.29) is 5.91 Å². The van der Waals surface area contributed by atoms with Crippen LogP contribution in [0.15, 0.2) is 22.7 Å². The summed E-state index contributed by atoms with van der Waals surface area (Å²) < 4.78 is 5.11. The van der Waals surface area contributed by atoms with Crippen LogP contribution in [0.25, 0.3) is 0 Å². The van der Waals surface area contributed by atoms with E-state index in [1.165, 1.54) is 0 Å². The number of carbonyl (C=O) groups is 1. The van der Waals surface area contributed by atoms with E-state index in [1.54, 1.807) is 31.0 Å². The van der Waals surface area contributed by atoms with Gasteiger partial charge in [-0.1, -0.05) is 23.7 Å². The van der Waals surface area contributed by atoms with Gasteiger partial charge in [0.15, 0.2) is 5.82 Å². The first-order valence-electron chi connectivity index (χ1n) is 8.82. The number of piperidine rings is 1. The molecule has 0 radical (unpaired) electrons. The standard InChI is InChI=1S/C19H22ClN5O2/c1-13-22-17(27-23-13)12-24(3)18(26)19(2)6-8-25(9-7-19)16-5-4-15(20)10-14(16)11-21/h4-5,10H,6-9,12H2,1-3H3. The first-order chi connectivity index (χ1) is 12.8. The lowest BCUT2D eigenvalue weighted by Gasteiger charge is -2.41. The first kappa shape index (κ1) is 19.2. The molecule has 2 aromatic rings. The third-order valence-electron chi connectivity index (χ3n) is 5.09. The van der Waals surface area contributed by atoms with Gasteiger partial charge in [0.2, 0.25) is 11.8 Å². The molecule has 2 heterocycles. The monoisotopic (exact) mass is 387 g/mol. The van der Waals surface area contributed by atoms with Gasteiger partial charge in [-0.15, -0.1) is 0 Å². The maximum atomic E-state index is 13.0. The maximum Gasteiger partial charge on any atom is 0.246 e. The van der Waals surface area contributed by atoms with Crippen LogP contribution in [0.3, 0.4) is 0 Å². The van der Waals surface area contributed by atoms with Crippen LogP contribution in [-0.4, -0.2) is 41.1 Å². The molecule has 0 saturated carbocycles. The second-order valence-corrected chi connectivity index (χ2v) is 7.65. The molecule has 0 spiro atoms. The highest BCUT2D eigenvalue weighted by Crippen LogP contribution is 2.36. The molecule has 3 rings (SSSR count). The number of nitrogens with zero attached hydrogens (tertiary/aromatic N) is 5. The van der Waals surface area contributed by atoms with Crippen LogP contribution in [0, 0.1) is 23.7 Å². The van der Waals surface area contributed by atoms with Gasteiger partial charge in [0.25, 0.3) is 0 Å². The predicted molar refractivity (Wildman–Crippen MR) is 101 cm³/mol. The van der Waals surface area contributed by atoms with Crippen molar-refractivity contribution in [1.29, 1.82) is 5.26 Å². The zero-order chi connectivity index (χ0) is 19.6. The van der Waals surface area contributed by atoms with Gasteiger partial charge in [-0.25, -0.2) is 0 Å². The predicted octanol–water partition coefficient (Wildman–Crippen LogP) is 3.17. The van der Waals surface area contributed by atoms with E-state index >= 15 is 0 Å². The molecule has 142 valence electrons. The van der Waals surface area contributed by atoms with E-state index in [2.05, 4.69) is 21.1 Å². The van der Waals surface area contributed by atoms with Crippen LogP contribution in [-0.2, 0) is 11.3 Å². The topological polar surface area (TPSA) is 86.3 Å². The van der Waals surface area contributed by atoms with E-state index < -0.39 is 5.41 Å². The van der Waals surface area contributed by atoms with Crippen LogP contribution in [0.5, 0.6) is 0 Å². The summed E-state index contributed by atoms with van der Waals surface area (Å²) >= 11 is 5.99. The molecular formula is C19H22ClN5O2. The Balaban J connectivity index is 1.66. The van der Waals surface area contributed by atoms with Crippen molar-refractivity contribution in [2.45, 2.75) is 33.2 Å². The molecule has 0 unspecified atom stereocenters. The molecule has 0 atom stereocenters. The van der Waals surface area contributed by atoms with Crippen molar-refractivity contribution in [1.82, 2.24) is 15.0 Å². The van der Waals surface area contributed by atoms with Gasteiger partial charge in [-0.3, -0.25) is 4.79 Å². The van der Waals surface area contributed by atoms with E-state index in [0.29, 0.717) is 54.8 Å². The third-order valence-corrected chi connectivity index (χ3v) is 5.33. The minimum absolute atomic E-state index is 0.0645. The minimum atomic E-state index is -0.459. The van der Waals surface area contributed by atoms with Crippen molar-refractivity contribution in [3.05, 3.63) is 40.5 Å². The van der Waals surface area contributed by atoms with Crippen molar-refractivity contribution in [3.63, 3.8) is 0 Å². The molecule has 0 N–H and O–H groups in total. The van der Waals surface area contributed by atoms with Crippen molar-refractivity contribution >= 4 is 23.2 Å². The van der Waals surface area contributed by atoms with Crippen molar-refractivity contribution in [2.24, 2.45) is 5.41 Å². The Kier molecular flexibility index (Phi) is 5.38. The zero-order valence-corrected chi connectivity index (χ0v) is 16.5. The summed E-state index contributed by atoms with van der Waals surface area (Å²) in [5.74, 6) is 1.06. The van der Waals surface area contributed by atoms with Crippen LogP contribution in [0.1, 0.15) is 37.0 Å². The second kappa shape index (κ2) is 7.57. The third kappa shape index (κ3) is 4.06. The van der Waals surface area contributed by atoms with E-state index in [1.807, 2.05) is 13.0 Å². The number of halogens is 1. The number of aromatic nitrogens is 2. The highest BCUT2D eigenvalue weighted by atomic mass is 35.5. The summed E-state index contributed by atoms with van der Waals surface area (Å²) in [4.78, 5) is 20.9. The second-order valence-electron chi connectivity index (χ2n) is 7.22. The number of carbonyl (C=O) groups excluding carboxylic acids is 1. The van der Waals surface area contributed by atoms with Crippen LogP contribution in [0.4, 0.5) is 5.69 Å². The van der Waals surface area contributed by atoms with Gasteiger partial charge in [0.05, 0.1) is 17.8 Å². The number of rotatable bonds is 4.